The van der Waals surface area contributed by atoms with Crippen LogP contribution in [-0.2, 0) is 11.2 Å². The highest BCUT2D eigenvalue weighted by atomic mass is 19.1. The van der Waals surface area contributed by atoms with Gasteiger partial charge in [0.2, 0.25) is 0 Å². The first kappa shape index (κ1) is 12.5. The summed E-state index contributed by atoms with van der Waals surface area (Å²) in [6.45, 7) is 4.19. The highest BCUT2D eigenvalue weighted by molar-refractivity contribution is 5.34. The molecule has 1 aliphatic rings. The molecule has 0 spiro atoms. The molecular formula is C14H19FO2. The van der Waals surface area contributed by atoms with E-state index in [2.05, 4.69) is 6.92 Å². The normalized spacial score (nSPS) is 25.4. The third kappa shape index (κ3) is 2.85. The van der Waals surface area contributed by atoms with Crippen LogP contribution in [0.4, 0.5) is 4.39 Å². The Morgan fingerprint density at radius 1 is 1.53 bits per heavy atom. The Balaban J connectivity index is 2.10. The van der Waals surface area contributed by atoms with Gasteiger partial charge in [-0.25, -0.2) is 4.39 Å². The van der Waals surface area contributed by atoms with Gasteiger partial charge < -0.3 is 9.84 Å². The highest BCUT2D eigenvalue weighted by Crippen LogP contribution is 2.33. The maximum Gasteiger partial charge on any atom is 0.123 e. The van der Waals surface area contributed by atoms with E-state index in [0.29, 0.717) is 6.61 Å². The van der Waals surface area contributed by atoms with Gasteiger partial charge in [0, 0.05) is 5.92 Å². The van der Waals surface area contributed by atoms with E-state index < -0.39 is 6.10 Å². The smallest absolute Gasteiger partial charge is 0.123 e. The number of ether oxygens (including phenoxy) is 1. The number of halogens is 1. The lowest BCUT2D eigenvalue weighted by molar-refractivity contribution is -0.0188. The number of hydrogen-bond acceptors (Lipinski definition) is 2. The van der Waals surface area contributed by atoms with Crippen molar-refractivity contribution in [1.29, 1.82) is 0 Å². The lowest BCUT2D eigenvalue weighted by Gasteiger charge is -2.31. The summed E-state index contributed by atoms with van der Waals surface area (Å²) in [5, 5.41) is 9.23. The van der Waals surface area contributed by atoms with Gasteiger partial charge in [-0.05, 0) is 43.0 Å². The molecule has 1 aromatic carbocycles. The van der Waals surface area contributed by atoms with Crippen LogP contribution in [0.3, 0.4) is 0 Å². The minimum absolute atomic E-state index is 0.127. The van der Waals surface area contributed by atoms with Gasteiger partial charge in [-0.15, -0.1) is 0 Å². The predicted molar refractivity (Wildman–Crippen MR) is 64.6 cm³/mol. The van der Waals surface area contributed by atoms with Crippen molar-refractivity contribution in [3.63, 3.8) is 0 Å². The number of aliphatic hydroxyl groups excluding tert-OH is 1. The quantitative estimate of drug-likeness (QED) is 0.877. The summed E-state index contributed by atoms with van der Waals surface area (Å²) in [6, 6.07) is 4.98. The van der Waals surface area contributed by atoms with E-state index in [9.17, 15) is 9.50 Å². The van der Waals surface area contributed by atoms with E-state index in [1.165, 1.54) is 11.6 Å². The molecule has 0 saturated heterocycles. The van der Waals surface area contributed by atoms with Crippen molar-refractivity contribution in [2.45, 2.75) is 44.8 Å². The second-order valence-electron chi connectivity index (χ2n) is 4.89. The Hall–Kier alpha value is -0.930. The molecule has 3 atom stereocenters. The molecule has 17 heavy (non-hydrogen) atoms. The third-order valence-corrected chi connectivity index (χ3v) is 3.40. The van der Waals surface area contributed by atoms with E-state index in [0.717, 1.165) is 18.4 Å². The zero-order chi connectivity index (χ0) is 12.4. The average Bonchev–Trinajstić information content (AvgIpc) is 2.27. The van der Waals surface area contributed by atoms with Crippen molar-refractivity contribution in [3.05, 3.63) is 35.1 Å². The Bertz CT molecular complexity index is 390. The molecule has 94 valence electrons. The first-order valence-electron chi connectivity index (χ1n) is 6.16. The topological polar surface area (TPSA) is 29.5 Å². The van der Waals surface area contributed by atoms with Crippen LogP contribution in [0.2, 0.25) is 0 Å². The van der Waals surface area contributed by atoms with Crippen LogP contribution < -0.4 is 0 Å². The molecule has 2 rings (SSSR count). The average molecular weight is 238 g/mol. The van der Waals surface area contributed by atoms with Crippen LogP contribution in [-0.4, -0.2) is 23.9 Å². The van der Waals surface area contributed by atoms with E-state index in [1.807, 2.05) is 6.07 Å². The maximum absolute atomic E-state index is 13.1. The maximum atomic E-state index is 13.1. The number of aliphatic hydroxyl groups is 1. The van der Waals surface area contributed by atoms with Crippen molar-refractivity contribution < 1.29 is 14.2 Å². The largest absolute Gasteiger partial charge is 0.391 e. The van der Waals surface area contributed by atoms with Crippen molar-refractivity contribution in [1.82, 2.24) is 0 Å². The van der Waals surface area contributed by atoms with Gasteiger partial charge in [-0.2, -0.15) is 0 Å². The third-order valence-electron chi connectivity index (χ3n) is 3.40. The van der Waals surface area contributed by atoms with Crippen LogP contribution >= 0.6 is 0 Å². The molecule has 1 aliphatic carbocycles. The molecule has 0 aromatic heterocycles. The summed E-state index contributed by atoms with van der Waals surface area (Å²) in [7, 11) is 0. The molecular weight excluding hydrogens is 219 g/mol. The number of hydrogen-bond donors (Lipinski definition) is 1. The van der Waals surface area contributed by atoms with Gasteiger partial charge >= 0.3 is 0 Å². The molecule has 1 aromatic rings. The summed E-state index contributed by atoms with van der Waals surface area (Å²) < 4.78 is 18.8. The standard InChI is InChI=1S/C14H19FO2/c1-9(16)8-17-14-6-3-11-7-12(15)4-5-13(11)10(14)2/h4-5,7,9-10,14,16H,3,6,8H2,1-2H3/t9-,10+,14-/m0/s1. The van der Waals surface area contributed by atoms with Crippen LogP contribution in [0.1, 0.15) is 37.3 Å². The molecule has 2 nitrogen and oxygen atoms in total. The second-order valence-corrected chi connectivity index (χ2v) is 4.89. The molecule has 0 unspecified atom stereocenters. The first-order chi connectivity index (χ1) is 8.08. The van der Waals surface area contributed by atoms with Crippen molar-refractivity contribution in [2.24, 2.45) is 0 Å². The fourth-order valence-electron chi connectivity index (χ4n) is 2.47. The molecule has 0 heterocycles. The number of aryl methyl sites for hydroxylation is 1. The fraction of sp³-hybridized carbons (Fsp3) is 0.571. The first-order valence-corrected chi connectivity index (χ1v) is 6.16. The van der Waals surface area contributed by atoms with Crippen LogP contribution in [0.25, 0.3) is 0 Å². The molecule has 0 aliphatic heterocycles. The Kier molecular flexibility index (Phi) is 3.79. The number of benzene rings is 1. The lowest BCUT2D eigenvalue weighted by Crippen LogP contribution is -2.29. The van der Waals surface area contributed by atoms with Crippen LogP contribution in [0, 0.1) is 5.82 Å². The summed E-state index contributed by atoms with van der Waals surface area (Å²) in [4.78, 5) is 0. The lowest BCUT2D eigenvalue weighted by atomic mass is 9.82. The predicted octanol–water partition coefficient (Wildman–Crippen LogP) is 2.64. The Morgan fingerprint density at radius 2 is 2.29 bits per heavy atom. The van der Waals surface area contributed by atoms with Gasteiger partial charge in [0.25, 0.3) is 0 Å². The van der Waals surface area contributed by atoms with Gasteiger partial charge in [-0.1, -0.05) is 13.0 Å². The fourth-order valence-corrected chi connectivity index (χ4v) is 2.47. The van der Waals surface area contributed by atoms with E-state index in [4.69, 9.17) is 4.74 Å². The van der Waals surface area contributed by atoms with Crippen LogP contribution in [0.15, 0.2) is 18.2 Å². The monoisotopic (exact) mass is 238 g/mol. The van der Waals surface area contributed by atoms with Crippen LogP contribution in [0.5, 0.6) is 0 Å². The minimum atomic E-state index is -0.434. The number of fused-ring (bicyclic) bond motifs is 1. The summed E-state index contributed by atoms with van der Waals surface area (Å²) in [5.41, 5.74) is 2.27. The zero-order valence-corrected chi connectivity index (χ0v) is 10.3. The number of rotatable bonds is 3. The highest BCUT2D eigenvalue weighted by Gasteiger charge is 2.27. The Morgan fingerprint density at radius 3 is 3.00 bits per heavy atom. The van der Waals surface area contributed by atoms with Crippen molar-refractivity contribution in [3.8, 4) is 0 Å². The van der Waals surface area contributed by atoms with Gasteiger partial charge in [-0.3, -0.25) is 0 Å². The second kappa shape index (κ2) is 5.15. The zero-order valence-electron chi connectivity index (χ0n) is 10.3. The SMILES string of the molecule is C[C@H](O)CO[C@H]1CCc2cc(F)ccc2[C@H]1C. The van der Waals surface area contributed by atoms with Gasteiger partial charge in [0.1, 0.15) is 5.82 Å². The molecule has 0 saturated carbocycles. The van der Waals surface area contributed by atoms with E-state index in [1.54, 1.807) is 13.0 Å². The summed E-state index contributed by atoms with van der Waals surface area (Å²) in [5.74, 6) is 0.0948. The van der Waals surface area contributed by atoms with E-state index in [-0.39, 0.29) is 17.8 Å². The molecule has 1 N–H and O–H groups in total. The summed E-state index contributed by atoms with van der Waals surface area (Å²) in [6.07, 6.45) is 1.44. The van der Waals surface area contributed by atoms with Gasteiger partial charge in [0.15, 0.2) is 0 Å². The molecule has 0 radical (unpaired) electrons. The van der Waals surface area contributed by atoms with Crippen molar-refractivity contribution >= 4 is 0 Å². The molecule has 0 amide bonds. The minimum Gasteiger partial charge on any atom is -0.391 e. The Labute approximate surface area is 101 Å². The van der Waals surface area contributed by atoms with Gasteiger partial charge in [0.05, 0.1) is 18.8 Å². The molecule has 0 bridgehead atoms. The molecule has 0 fully saturated rings. The van der Waals surface area contributed by atoms with Crippen molar-refractivity contribution in [2.75, 3.05) is 6.61 Å². The van der Waals surface area contributed by atoms with E-state index >= 15 is 0 Å². The summed E-state index contributed by atoms with van der Waals surface area (Å²) >= 11 is 0. The molecule has 3 heteroatoms.